The van der Waals surface area contributed by atoms with Crippen LogP contribution in [-0.4, -0.2) is 17.0 Å². The van der Waals surface area contributed by atoms with E-state index in [-0.39, 0.29) is 11.4 Å². The smallest absolute Gasteiger partial charge is 0.307 e. The van der Waals surface area contributed by atoms with Gasteiger partial charge < -0.3 is 8.83 Å². The fourth-order valence-corrected chi connectivity index (χ4v) is 2.71. The van der Waals surface area contributed by atoms with Crippen LogP contribution in [0.1, 0.15) is 22.1 Å². The van der Waals surface area contributed by atoms with E-state index in [4.69, 9.17) is 8.83 Å². The van der Waals surface area contributed by atoms with Gasteiger partial charge in [0.05, 0.1) is 11.1 Å². The van der Waals surface area contributed by atoms with Crippen LogP contribution >= 0.6 is 15.9 Å². The lowest BCUT2D eigenvalue weighted by Crippen LogP contribution is -2.16. The summed E-state index contributed by atoms with van der Waals surface area (Å²) in [6.45, 7) is 1.74. The average Bonchev–Trinajstić information content (AvgIpc) is 3.24. The normalized spacial score (nSPS) is 11.0. The molecule has 26 heavy (non-hydrogen) atoms. The van der Waals surface area contributed by atoms with E-state index in [1.807, 2.05) is 0 Å². The Morgan fingerprint density at radius 2 is 2.04 bits per heavy atom. The van der Waals surface area contributed by atoms with Gasteiger partial charge in [0.15, 0.2) is 5.76 Å². The zero-order chi connectivity index (χ0) is 18.7. The van der Waals surface area contributed by atoms with E-state index in [2.05, 4.69) is 26.5 Å². The SMILES string of the molecule is Cc1ccc(C(=O)N/N=C\c2ccc(-c3ccc([N+](=O)[O-])cc3Br)o2)o1. The molecule has 3 rings (SSSR count). The highest BCUT2D eigenvalue weighted by atomic mass is 79.9. The van der Waals surface area contributed by atoms with Crippen molar-refractivity contribution in [2.24, 2.45) is 5.10 Å². The van der Waals surface area contributed by atoms with E-state index in [0.717, 1.165) is 0 Å². The molecule has 3 aromatic rings. The van der Waals surface area contributed by atoms with Crippen molar-refractivity contribution >= 4 is 33.7 Å². The van der Waals surface area contributed by atoms with Crippen LogP contribution in [0.3, 0.4) is 0 Å². The molecule has 0 unspecified atom stereocenters. The number of non-ortho nitro benzene ring substituents is 1. The quantitative estimate of drug-likeness (QED) is 0.378. The molecule has 0 aliphatic heterocycles. The second kappa shape index (κ2) is 7.36. The molecule has 0 atom stereocenters. The van der Waals surface area contributed by atoms with E-state index in [9.17, 15) is 14.9 Å². The van der Waals surface area contributed by atoms with Crippen LogP contribution in [0.5, 0.6) is 0 Å². The zero-order valence-electron chi connectivity index (χ0n) is 13.4. The van der Waals surface area contributed by atoms with Crippen molar-refractivity contribution in [3.05, 3.63) is 74.3 Å². The van der Waals surface area contributed by atoms with Crippen LogP contribution in [0.15, 0.2) is 60.9 Å². The molecule has 1 N–H and O–H groups in total. The first-order valence-corrected chi connectivity index (χ1v) is 8.17. The number of hydrogen-bond donors (Lipinski definition) is 1. The number of aryl methyl sites for hydroxylation is 1. The van der Waals surface area contributed by atoms with Crippen molar-refractivity contribution in [2.45, 2.75) is 6.92 Å². The lowest BCUT2D eigenvalue weighted by atomic mass is 10.1. The lowest BCUT2D eigenvalue weighted by Gasteiger charge is -2.00. The van der Waals surface area contributed by atoms with Gasteiger partial charge in [-0.25, -0.2) is 5.43 Å². The number of nitro groups is 1. The molecular weight excluding hydrogens is 406 g/mol. The van der Waals surface area contributed by atoms with Crippen molar-refractivity contribution in [2.75, 3.05) is 0 Å². The summed E-state index contributed by atoms with van der Waals surface area (Å²) in [7, 11) is 0. The summed E-state index contributed by atoms with van der Waals surface area (Å²) >= 11 is 3.30. The minimum atomic E-state index is -0.474. The van der Waals surface area contributed by atoms with Crippen LogP contribution in [-0.2, 0) is 0 Å². The van der Waals surface area contributed by atoms with Gasteiger partial charge in [0.1, 0.15) is 17.3 Å². The Morgan fingerprint density at radius 3 is 2.69 bits per heavy atom. The Kier molecular flexibility index (Phi) is 4.99. The zero-order valence-corrected chi connectivity index (χ0v) is 15.0. The summed E-state index contributed by atoms with van der Waals surface area (Å²) in [5.41, 5.74) is 2.97. The molecule has 0 aliphatic carbocycles. The molecule has 0 spiro atoms. The second-order valence-electron chi connectivity index (χ2n) is 5.23. The Hall–Kier alpha value is -3.20. The van der Waals surface area contributed by atoms with Crippen LogP contribution < -0.4 is 5.43 Å². The third-order valence-corrected chi connectivity index (χ3v) is 4.03. The predicted octanol–water partition coefficient (Wildman–Crippen LogP) is 4.28. The van der Waals surface area contributed by atoms with Crippen LogP contribution in [0.4, 0.5) is 5.69 Å². The summed E-state index contributed by atoms with van der Waals surface area (Å²) in [6, 6.07) is 11.0. The van der Waals surface area contributed by atoms with Gasteiger partial charge in [0, 0.05) is 22.2 Å². The number of nitro benzene ring substituents is 1. The fraction of sp³-hybridized carbons (Fsp3) is 0.0588. The summed E-state index contributed by atoms with van der Waals surface area (Å²) in [5.74, 6) is 1.22. The Bertz CT molecular complexity index is 1010. The second-order valence-corrected chi connectivity index (χ2v) is 6.09. The highest BCUT2D eigenvalue weighted by Crippen LogP contribution is 2.32. The Balaban J connectivity index is 1.70. The van der Waals surface area contributed by atoms with Crippen LogP contribution in [0.2, 0.25) is 0 Å². The third-order valence-electron chi connectivity index (χ3n) is 3.38. The number of rotatable bonds is 5. The number of hydrogen-bond acceptors (Lipinski definition) is 6. The van der Waals surface area contributed by atoms with E-state index < -0.39 is 10.8 Å². The molecule has 2 heterocycles. The summed E-state index contributed by atoms with van der Waals surface area (Å²) in [5, 5.41) is 14.6. The van der Waals surface area contributed by atoms with Crippen molar-refractivity contribution in [3.63, 3.8) is 0 Å². The van der Waals surface area contributed by atoms with E-state index in [0.29, 0.717) is 27.3 Å². The maximum atomic E-state index is 11.8. The molecule has 132 valence electrons. The summed E-state index contributed by atoms with van der Waals surface area (Å²) in [6.07, 6.45) is 1.34. The van der Waals surface area contributed by atoms with Crippen molar-refractivity contribution in [1.29, 1.82) is 0 Å². The molecule has 0 saturated heterocycles. The first-order chi connectivity index (χ1) is 12.4. The van der Waals surface area contributed by atoms with Gasteiger partial charge >= 0.3 is 5.91 Å². The maximum Gasteiger partial charge on any atom is 0.307 e. The lowest BCUT2D eigenvalue weighted by molar-refractivity contribution is -0.384. The molecule has 0 saturated carbocycles. The van der Waals surface area contributed by atoms with Crippen LogP contribution in [0, 0.1) is 17.0 Å². The van der Waals surface area contributed by atoms with Crippen molar-refractivity contribution < 1.29 is 18.6 Å². The number of amides is 1. The molecule has 0 fully saturated rings. The molecule has 1 amide bonds. The molecular formula is C17H12BrN3O5. The Morgan fingerprint density at radius 1 is 1.23 bits per heavy atom. The number of halogens is 1. The number of hydrazone groups is 1. The van der Waals surface area contributed by atoms with Crippen LogP contribution in [0.25, 0.3) is 11.3 Å². The molecule has 0 aliphatic rings. The van der Waals surface area contributed by atoms with E-state index in [1.165, 1.54) is 18.3 Å². The highest BCUT2D eigenvalue weighted by Gasteiger charge is 2.13. The van der Waals surface area contributed by atoms with Gasteiger partial charge in [-0.3, -0.25) is 14.9 Å². The van der Waals surface area contributed by atoms with Gasteiger partial charge in [-0.2, -0.15) is 5.10 Å². The first-order valence-electron chi connectivity index (χ1n) is 7.38. The Labute approximate surface area is 155 Å². The van der Waals surface area contributed by atoms with Crippen molar-refractivity contribution in [3.8, 4) is 11.3 Å². The maximum absolute atomic E-state index is 11.8. The summed E-state index contributed by atoms with van der Waals surface area (Å²) in [4.78, 5) is 22.1. The first kappa shape index (κ1) is 17.6. The fourth-order valence-electron chi connectivity index (χ4n) is 2.15. The van der Waals surface area contributed by atoms with Gasteiger partial charge in [-0.05, 0) is 53.2 Å². The molecule has 0 radical (unpaired) electrons. The van der Waals surface area contributed by atoms with Crippen molar-refractivity contribution in [1.82, 2.24) is 5.43 Å². The molecule has 8 nitrogen and oxygen atoms in total. The van der Waals surface area contributed by atoms with Gasteiger partial charge in [-0.15, -0.1) is 0 Å². The summed E-state index contributed by atoms with van der Waals surface area (Å²) < 4.78 is 11.3. The van der Waals surface area contributed by atoms with E-state index in [1.54, 1.807) is 37.3 Å². The highest BCUT2D eigenvalue weighted by molar-refractivity contribution is 9.10. The monoisotopic (exact) mass is 417 g/mol. The topological polar surface area (TPSA) is 111 Å². The number of benzene rings is 1. The van der Waals surface area contributed by atoms with E-state index >= 15 is 0 Å². The number of nitrogens with one attached hydrogen (secondary N) is 1. The molecule has 1 aromatic carbocycles. The van der Waals surface area contributed by atoms with Gasteiger partial charge in [0.25, 0.3) is 5.69 Å². The third kappa shape index (κ3) is 3.89. The number of carbonyl (C=O) groups is 1. The molecule has 2 aromatic heterocycles. The number of furan rings is 2. The van der Waals surface area contributed by atoms with Gasteiger partial charge in [0.2, 0.25) is 0 Å². The molecule has 9 heteroatoms. The predicted molar refractivity (Wildman–Crippen MR) is 97.0 cm³/mol. The number of nitrogens with zero attached hydrogens (tertiary/aromatic N) is 2. The molecule has 0 bridgehead atoms. The number of carbonyl (C=O) groups excluding carboxylic acids is 1. The largest absolute Gasteiger partial charge is 0.456 e. The van der Waals surface area contributed by atoms with Gasteiger partial charge in [-0.1, -0.05) is 0 Å². The standard InChI is InChI=1S/C17H12BrN3O5/c1-10-2-6-16(25-10)17(22)20-19-9-12-4-7-15(26-12)13-5-3-11(21(23)24)8-14(13)18/h2-9H,1H3,(H,20,22)/b19-9-. The minimum Gasteiger partial charge on any atom is -0.456 e. The average molecular weight is 418 g/mol. The minimum absolute atomic E-state index is 0.0233.